The van der Waals surface area contributed by atoms with Crippen LogP contribution in [0.3, 0.4) is 0 Å². The van der Waals surface area contributed by atoms with E-state index in [0.29, 0.717) is 10.9 Å². The predicted octanol–water partition coefficient (Wildman–Crippen LogP) is 4.76. The van der Waals surface area contributed by atoms with Crippen molar-refractivity contribution < 1.29 is 9.47 Å². The van der Waals surface area contributed by atoms with Gasteiger partial charge in [0.15, 0.2) is 16.6 Å². The van der Waals surface area contributed by atoms with Gasteiger partial charge in [-0.2, -0.15) is 0 Å². The Labute approximate surface area is 155 Å². The summed E-state index contributed by atoms with van der Waals surface area (Å²) in [5.41, 5.74) is 4.53. The van der Waals surface area contributed by atoms with Crippen LogP contribution in [-0.2, 0) is 0 Å². The van der Waals surface area contributed by atoms with Crippen LogP contribution in [0.5, 0.6) is 11.5 Å². The van der Waals surface area contributed by atoms with Crippen LogP contribution in [0, 0.1) is 13.8 Å². The molecular formula is C20H26N2O2S. The van der Waals surface area contributed by atoms with Gasteiger partial charge in [0.2, 0.25) is 0 Å². The number of aryl methyl sites for hydroxylation is 2. The maximum absolute atomic E-state index is 5.50. The van der Waals surface area contributed by atoms with Crippen LogP contribution >= 0.6 is 12.2 Å². The zero-order chi connectivity index (χ0) is 18.4. The molecule has 0 aromatic heterocycles. The Morgan fingerprint density at radius 3 is 2.36 bits per heavy atom. The molecule has 0 heterocycles. The van der Waals surface area contributed by atoms with Gasteiger partial charge in [0.1, 0.15) is 0 Å². The third-order valence-corrected chi connectivity index (χ3v) is 4.37. The van der Waals surface area contributed by atoms with Crippen molar-refractivity contribution in [3.8, 4) is 11.5 Å². The highest BCUT2D eigenvalue weighted by atomic mass is 32.1. The van der Waals surface area contributed by atoms with Crippen molar-refractivity contribution >= 4 is 23.0 Å². The fourth-order valence-corrected chi connectivity index (χ4v) is 3.01. The summed E-state index contributed by atoms with van der Waals surface area (Å²) in [7, 11) is 3.28. The Balaban J connectivity index is 2.12. The largest absolute Gasteiger partial charge is 0.493 e. The molecule has 5 heteroatoms. The normalized spacial score (nSPS) is 11.6. The minimum Gasteiger partial charge on any atom is -0.493 e. The number of thiocarbonyl (C=S) groups is 1. The second-order valence-corrected chi connectivity index (χ2v) is 6.40. The SMILES string of the molecule is CCC(NC(=S)Nc1ccc(C)cc1C)c1ccc(OC)c(OC)c1. The fourth-order valence-electron chi connectivity index (χ4n) is 2.76. The molecule has 0 aliphatic heterocycles. The maximum atomic E-state index is 5.50. The van der Waals surface area contributed by atoms with Crippen LogP contribution in [0.25, 0.3) is 0 Å². The summed E-state index contributed by atoms with van der Waals surface area (Å²) in [5.74, 6) is 1.44. The fraction of sp³-hybridized carbons (Fsp3) is 0.350. The van der Waals surface area contributed by atoms with Crippen molar-refractivity contribution in [1.82, 2.24) is 5.32 Å². The van der Waals surface area contributed by atoms with Crippen LogP contribution in [-0.4, -0.2) is 19.3 Å². The van der Waals surface area contributed by atoms with E-state index in [-0.39, 0.29) is 6.04 Å². The lowest BCUT2D eigenvalue weighted by Gasteiger charge is -2.21. The van der Waals surface area contributed by atoms with E-state index in [4.69, 9.17) is 21.7 Å². The first kappa shape index (κ1) is 19.1. The molecule has 1 unspecified atom stereocenters. The summed E-state index contributed by atoms with van der Waals surface area (Å²) < 4.78 is 10.7. The lowest BCUT2D eigenvalue weighted by molar-refractivity contribution is 0.354. The second-order valence-electron chi connectivity index (χ2n) is 5.99. The minimum absolute atomic E-state index is 0.0885. The lowest BCUT2D eigenvalue weighted by Crippen LogP contribution is -2.32. The average molecular weight is 359 g/mol. The molecule has 2 rings (SSSR count). The Morgan fingerprint density at radius 2 is 1.76 bits per heavy atom. The van der Waals surface area contributed by atoms with Crippen molar-refractivity contribution in [2.75, 3.05) is 19.5 Å². The quantitative estimate of drug-likeness (QED) is 0.729. The van der Waals surface area contributed by atoms with Crippen LogP contribution in [0.1, 0.15) is 36.1 Å². The van der Waals surface area contributed by atoms with Gasteiger partial charge in [0.25, 0.3) is 0 Å². The van der Waals surface area contributed by atoms with Gasteiger partial charge in [-0.15, -0.1) is 0 Å². The Bertz CT molecular complexity index is 746. The average Bonchev–Trinajstić information content (AvgIpc) is 2.61. The molecule has 2 aromatic carbocycles. The minimum atomic E-state index is 0.0885. The second kappa shape index (κ2) is 8.72. The third kappa shape index (κ3) is 4.86. The molecule has 0 aliphatic carbocycles. The van der Waals surface area contributed by atoms with Crippen molar-refractivity contribution in [2.24, 2.45) is 0 Å². The molecule has 2 N–H and O–H groups in total. The van der Waals surface area contributed by atoms with Crippen LogP contribution < -0.4 is 20.1 Å². The first-order valence-electron chi connectivity index (χ1n) is 8.35. The Morgan fingerprint density at radius 1 is 1.04 bits per heavy atom. The topological polar surface area (TPSA) is 42.5 Å². The molecule has 2 aromatic rings. The molecule has 0 bridgehead atoms. The first-order valence-corrected chi connectivity index (χ1v) is 8.76. The zero-order valence-electron chi connectivity index (χ0n) is 15.5. The van der Waals surface area contributed by atoms with Gasteiger partial charge in [0, 0.05) is 5.69 Å². The monoisotopic (exact) mass is 358 g/mol. The van der Waals surface area contributed by atoms with Gasteiger partial charge in [0.05, 0.1) is 20.3 Å². The molecule has 4 nitrogen and oxygen atoms in total. The number of methoxy groups -OCH3 is 2. The number of anilines is 1. The van der Waals surface area contributed by atoms with E-state index < -0.39 is 0 Å². The van der Waals surface area contributed by atoms with Crippen molar-refractivity contribution in [1.29, 1.82) is 0 Å². The van der Waals surface area contributed by atoms with Crippen LogP contribution in [0.15, 0.2) is 36.4 Å². The molecule has 0 saturated heterocycles. The standard InChI is InChI=1S/C20H26N2O2S/c1-6-16(15-8-10-18(23-4)19(12-15)24-5)21-20(25)22-17-9-7-13(2)11-14(17)3/h7-12,16H,6H2,1-5H3,(H2,21,22,25). The summed E-state index contributed by atoms with van der Waals surface area (Å²) in [5, 5.41) is 7.28. The number of nitrogens with one attached hydrogen (secondary N) is 2. The molecule has 1 atom stereocenters. The molecule has 0 spiro atoms. The van der Waals surface area contributed by atoms with Crippen molar-refractivity contribution in [3.63, 3.8) is 0 Å². The highest BCUT2D eigenvalue weighted by Crippen LogP contribution is 2.31. The van der Waals surface area contributed by atoms with Gasteiger partial charge in [-0.25, -0.2) is 0 Å². The van der Waals surface area contributed by atoms with E-state index in [1.807, 2.05) is 18.2 Å². The van der Waals surface area contributed by atoms with Gasteiger partial charge < -0.3 is 20.1 Å². The predicted molar refractivity (Wildman–Crippen MR) is 108 cm³/mol. The summed E-state index contributed by atoms with van der Waals surface area (Å²) in [6.45, 7) is 6.27. The summed E-state index contributed by atoms with van der Waals surface area (Å²) in [6, 6.07) is 12.3. The Kier molecular flexibility index (Phi) is 6.65. The summed E-state index contributed by atoms with van der Waals surface area (Å²) >= 11 is 5.50. The van der Waals surface area contributed by atoms with E-state index in [1.54, 1.807) is 14.2 Å². The summed E-state index contributed by atoms with van der Waals surface area (Å²) in [6.07, 6.45) is 0.893. The maximum Gasteiger partial charge on any atom is 0.171 e. The van der Waals surface area contributed by atoms with Crippen molar-refractivity contribution in [3.05, 3.63) is 53.1 Å². The van der Waals surface area contributed by atoms with E-state index >= 15 is 0 Å². The van der Waals surface area contributed by atoms with Crippen molar-refractivity contribution in [2.45, 2.75) is 33.2 Å². The molecule has 0 saturated carbocycles. The van der Waals surface area contributed by atoms with Gasteiger partial charge in [-0.3, -0.25) is 0 Å². The van der Waals surface area contributed by atoms with Crippen LogP contribution in [0.4, 0.5) is 5.69 Å². The highest BCUT2D eigenvalue weighted by molar-refractivity contribution is 7.80. The molecule has 25 heavy (non-hydrogen) atoms. The van der Waals surface area contributed by atoms with Gasteiger partial charge in [-0.1, -0.05) is 30.7 Å². The van der Waals surface area contributed by atoms with Gasteiger partial charge >= 0.3 is 0 Å². The number of hydrogen-bond acceptors (Lipinski definition) is 3. The van der Waals surface area contributed by atoms with E-state index in [2.05, 4.69) is 49.6 Å². The molecule has 0 radical (unpaired) electrons. The van der Waals surface area contributed by atoms with E-state index in [0.717, 1.165) is 23.4 Å². The van der Waals surface area contributed by atoms with Crippen LogP contribution in [0.2, 0.25) is 0 Å². The first-order chi connectivity index (χ1) is 12.0. The number of ether oxygens (including phenoxy) is 2. The number of rotatable bonds is 6. The smallest absolute Gasteiger partial charge is 0.171 e. The van der Waals surface area contributed by atoms with E-state index in [1.165, 1.54) is 11.1 Å². The Hall–Kier alpha value is -2.27. The number of benzene rings is 2. The van der Waals surface area contributed by atoms with E-state index in [9.17, 15) is 0 Å². The highest BCUT2D eigenvalue weighted by Gasteiger charge is 2.14. The molecular weight excluding hydrogens is 332 g/mol. The third-order valence-electron chi connectivity index (χ3n) is 4.15. The van der Waals surface area contributed by atoms with Gasteiger partial charge in [-0.05, 0) is 61.8 Å². The summed E-state index contributed by atoms with van der Waals surface area (Å²) in [4.78, 5) is 0. The number of hydrogen-bond donors (Lipinski definition) is 2. The molecule has 0 amide bonds. The molecule has 0 aliphatic rings. The molecule has 0 fully saturated rings. The molecule has 134 valence electrons. The lowest BCUT2D eigenvalue weighted by atomic mass is 10.0. The zero-order valence-corrected chi connectivity index (χ0v) is 16.3.